The van der Waals surface area contributed by atoms with Crippen LogP contribution in [0.1, 0.15) is 106 Å². The van der Waals surface area contributed by atoms with Gasteiger partial charge in [-0.05, 0) is 74.0 Å². The van der Waals surface area contributed by atoms with E-state index in [0.717, 1.165) is 51.4 Å². The minimum atomic E-state index is -0.0292. The van der Waals surface area contributed by atoms with Crippen LogP contribution in [0.15, 0.2) is 0 Å². The van der Waals surface area contributed by atoms with Crippen molar-refractivity contribution < 1.29 is 9.59 Å². The first kappa shape index (κ1) is 26.8. The maximum Gasteiger partial charge on any atom is 0.315 e. The van der Waals surface area contributed by atoms with Crippen molar-refractivity contribution >= 4 is 12.1 Å². The zero-order valence-electron chi connectivity index (χ0n) is 21.6. The fourth-order valence-electron chi connectivity index (χ4n) is 6.39. The molecule has 0 bridgehead atoms. The number of hydrogen-bond acceptors (Lipinski definition) is 2. The van der Waals surface area contributed by atoms with Gasteiger partial charge < -0.3 is 21.3 Å². The normalized spacial score (nSPS) is 29.1. The zero-order valence-corrected chi connectivity index (χ0v) is 21.6. The lowest BCUT2D eigenvalue weighted by Crippen LogP contribution is -2.47. The molecule has 0 unspecified atom stereocenters. The smallest absolute Gasteiger partial charge is 0.315 e. The fraction of sp³-hybridized carbons (Fsp3) is 0.923. The van der Waals surface area contributed by atoms with Gasteiger partial charge in [0.1, 0.15) is 0 Å². The summed E-state index contributed by atoms with van der Waals surface area (Å²) in [6, 6.07) is 0.514. The second kappa shape index (κ2) is 12.1. The number of rotatable bonds is 9. The van der Waals surface area contributed by atoms with Crippen molar-refractivity contribution in [3.05, 3.63) is 0 Å². The van der Waals surface area contributed by atoms with Crippen LogP contribution < -0.4 is 21.3 Å². The molecule has 4 N–H and O–H groups in total. The molecule has 6 heteroatoms. The Morgan fingerprint density at radius 3 is 1.38 bits per heavy atom. The molecule has 0 aliphatic heterocycles. The number of hydrogen-bond donors (Lipinski definition) is 4. The van der Waals surface area contributed by atoms with Gasteiger partial charge in [-0.3, -0.25) is 0 Å². The van der Waals surface area contributed by atoms with Crippen LogP contribution in [0.25, 0.3) is 0 Å². The first-order chi connectivity index (χ1) is 14.9. The van der Waals surface area contributed by atoms with Gasteiger partial charge in [-0.15, -0.1) is 0 Å². The summed E-state index contributed by atoms with van der Waals surface area (Å²) in [5, 5.41) is 12.3. The minimum absolute atomic E-state index is 0.0292. The van der Waals surface area contributed by atoms with Crippen LogP contribution in [0.5, 0.6) is 0 Å². The van der Waals surface area contributed by atoms with Crippen molar-refractivity contribution in [2.75, 3.05) is 13.1 Å². The van der Waals surface area contributed by atoms with E-state index in [-0.39, 0.29) is 24.1 Å². The molecule has 2 rings (SSSR count). The molecule has 2 aliphatic rings. The molecular weight excluding hydrogens is 400 g/mol. The lowest BCUT2D eigenvalue weighted by Gasteiger charge is -2.39. The Balaban J connectivity index is 1.46. The highest BCUT2D eigenvalue weighted by atomic mass is 16.2. The van der Waals surface area contributed by atoms with E-state index in [9.17, 15) is 9.59 Å². The second-order valence-electron chi connectivity index (χ2n) is 12.4. The summed E-state index contributed by atoms with van der Waals surface area (Å²) < 4.78 is 0. The van der Waals surface area contributed by atoms with E-state index >= 15 is 0 Å². The van der Waals surface area contributed by atoms with Gasteiger partial charge in [-0.2, -0.15) is 0 Å². The maximum absolute atomic E-state index is 12.2. The summed E-state index contributed by atoms with van der Waals surface area (Å²) in [5.74, 6) is 1.33. The lowest BCUT2D eigenvalue weighted by atomic mass is 9.70. The van der Waals surface area contributed by atoms with Crippen LogP contribution in [0.4, 0.5) is 9.59 Å². The van der Waals surface area contributed by atoms with Crippen LogP contribution in [-0.4, -0.2) is 37.2 Å². The van der Waals surface area contributed by atoms with Gasteiger partial charge in [-0.1, -0.05) is 54.4 Å². The predicted molar refractivity (Wildman–Crippen MR) is 133 cm³/mol. The van der Waals surface area contributed by atoms with Crippen molar-refractivity contribution in [2.45, 2.75) is 118 Å². The van der Waals surface area contributed by atoms with Gasteiger partial charge in [0.25, 0.3) is 0 Å². The number of urea groups is 2. The van der Waals surface area contributed by atoms with E-state index in [0.29, 0.717) is 35.8 Å². The van der Waals surface area contributed by atoms with Crippen molar-refractivity contribution in [1.82, 2.24) is 21.3 Å². The standard InChI is InChI=1S/C26H50N4O2/c1-19-13-21(17-25(3,4)15-19)29-23(31)27-11-9-7-8-10-12-28-24(32)30-22-14-20(2)16-26(5,6)18-22/h19-22H,7-18H2,1-6H3,(H2,27,29,31)(H2,28,30,32)/t19-,20-,21-,22+/m0/s1. The second-order valence-corrected chi connectivity index (χ2v) is 12.4. The topological polar surface area (TPSA) is 82.3 Å². The van der Waals surface area contributed by atoms with E-state index in [1.54, 1.807) is 0 Å². The number of carbonyl (C=O) groups excluding carboxylic acids is 2. The molecule has 2 fully saturated rings. The van der Waals surface area contributed by atoms with Crippen LogP contribution in [0.3, 0.4) is 0 Å². The molecule has 4 atom stereocenters. The van der Waals surface area contributed by atoms with Crippen LogP contribution in [0, 0.1) is 22.7 Å². The molecule has 0 aromatic carbocycles. The molecule has 32 heavy (non-hydrogen) atoms. The molecule has 0 aromatic heterocycles. The van der Waals surface area contributed by atoms with E-state index in [1.165, 1.54) is 12.8 Å². The van der Waals surface area contributed by atoms with Gasteiger partial charge in [0.05, 0.1) is 0 Å². The minimum Gasteiger partial charge on any atom is -0.338 e. The number of unbranched alkanes of at least 4 members (excludes halogenated alkanes) is 3. The Hall–Kier alpha value is -1.46. The average molecular weight is 451 g/mol. The summed E-state index contributed by atoms with van der Waals surface area (Å²) in [7, 11) is 0. The Morgan fingerprint density at radius 1 is 0.656 bits per heavy atom. The van der Waals surface area contributed by atoms with Crippen LogP contribution >= 0.6 is 0 Å². The van der Waals surface area contributed by atoms with E-state index in [1.807, 2.05) is 0 Å². The summed E-state index contributed by atoms with van der Waals surface area (Å²) >= 11 is 0. The molecule has 2 saturated carbocycles. The highest BCUT2D eigenvalue weighted by Gasteiger charge is 2.33. The van der Waals surface area contributed by atoms with Crippen molar-refractivity contribution in [3.8, 4) is 0 Å². The van der Waals surface area contributed by atoms with Gasteiger partial charge in [0.15, 0.2) is 0 Å². The molecule has 4 amide bonds. The van der Waals surface area contributed by atoms with Gasteiger partial charge >= 0.3 is 12.1 Å². The molecule has 6 nitrogen and oxygen atoms in total. The van der Waals surface area contributed by atoms with Crippen molar-refractivity contribution in [3.63, 3.8) is 0 Å². The summed E-state index contributed by atoms with van der Waals surface area (Å²) in [6.07, 6.45) is 10.8. The fourth-order valence-corrected chi connectivity index (χ4v) is 6.39. The molecule has 2 aliphatic carbocycles. The Labute approximate surface area is 196 Å². The number of nitrogens with one attached hydrogen (secondary N) is 4. The van der Waals surface area contributed by atoms with Gasteiger partial charge in [0, 0.05) is 25.2 Å². The monoisotopic (exact) mass is 450 g/mol. The summed E-state index contributed by atoms with van der Waals surface area (Å²) in [4.78, 5) is 24.4. The van der Waals surface area contributed by atoms with Crippen molar-refractivity contribution in [1.29, 1.82) is 0 Å². The quantitative estimate of drug-likeness (QED) is 0.346. The number of carbonyl (C=O) groups is 2. The Bertz CT molecular complexity index is 553. The van der Waals surface area contributed by atoms with E-state index in [2.05, 4.69) is 62.8 Å². The third kappa shape index (κ3) is 10.4. The summed E-state index contributed by atoms with van der Waals surface area (Å²) in [5.41, 5.74) is 0.623. The van der Waals surface area contributed by atoms with Crippen LogP contribution in [0.2, 0.25) is 0 Å². The molecule has 0 radical (unpaired) electrons. The number of amides is 4. The third-order valence-corrected chi connectivity index (χ3v) is 7.12. The first-order valence-corrected chi connectivity index (χ1v) is 13.0. The van der Waals surface area contributed by atoms with Gasteiger partial charge in [0.2, 0.25) is 0 Å². The molecule has 0 heterocycles. The zero-order chi connectivity index (χ0) is 23.8. The van der Waals surface area contributed by atoms with Gasteiger partial charge in [-0.25, -0.2) is 9.59 Å². The first-order valence-electron chi connectivity index (χ1n) is 13.0. The Kier molecular flexibility index (Phi) is 10.2. The summed E-state index contributed by atoms with van der Waals surface area (Å²) in [6.45, 7) is 15.2. The highest BCUT2D eigenvalue weighted by molar-refractivity contribution is 5.74. The molecular formula is C26H50N4O2. The van der Waals surface area contributed by atoms with E-state index < -0.39 is 0 Å². The largest absolute Gasteiger partial charge is 0.338 e. The Morgan fingerprint density at radius 2 is 1.03 bits per heavy atom. The average Bonchev–Trinajstić information content (AvgIpc) is 2.60. The lowest BCUT2D eigenvalue weighted by molar-refractivity contribution is 0.151. The molecule has 0 saturated heterocycles. The predicted octanol–water partition coefficient (Wildman–Crippen LogP) is 5.57. The molecule has 186 valence electrons. The SMILES string of the molecule is C[C@H]1C[C@@H](NC(=O)NCCCCCCNC(=O)N[C@H]2C[C@H](C)CC(C)(C)C2)CC(C)(C)C1. The van der Waals surface area contributed by atoms with Crippen molar-refractivity contribution in [2.24, 2.45) is 22.7 Å². The maximum atomic E-state index is 12.2. The van der Waals surface area contributed by atoms with E-state index in [4.69, 9.17) is 0 Å². The molecule has 0 spiro atoms. The molecule has 0 aromatic rings. The van der Waals surface area contributed by atoms with Crippen LogP contribution in [-0.2, 0) is 0 Å². The highest BCUT2D eigenvalue weighted by Crippen LogP contribution is 2.39. The third-order valence-electron chi connectivity index (χ3n) is 7.12.